The molecule has 0 spiro atoms. The van der Waals surface area contributed by atoms with Crippen LogP contribution in [0.15, 0.2) is 30.3 Å². The Bertz CT molecular complexity index is 651. The van der Waals surface area contributed by atoms with Crippen LogP contribution in [0.2, 0.25) is 0 Å². The standard InChI is InChI=1S/C15H18N4O/c1-19(9-10-6-7-10)15(20)14-8-13(18-16)11-4-2-3-5-12(11)17-14/h2-5,8,10H,6-7,9,16H2,1H3,(H,17,18). The van der Waals surface area contributed by atoms with E-state index < -0.39 is 0 Å². The minimum absolute atomic E-state index is 0.0563. The molecule has 3 N–H and O–H groups in total. The van der Waals surface area contributed by atoms with Crippen molar-refractivity contribution in [3.05, 3.63) is 36.0 Å². The predicted molar refractivity (Wildman–Crippen MR) is 79.2 cm³/mol. The smallest absolute Gasteiger partial charge is 0.272 e. The zero-order chi connectivity index (χ0) is 14.1. The Balaban J connectivity index is 1.95. The summed E-state index contributed by atoms with van der Waals surface area (Å²) in [5, 5.41) is 0.913. The number of pyridine rings is 1. The first-order chi connectivity index (χ1) is 9.69. The third-order valence-corrected chi connectivity index (χ3v) is 3.67. The van der Waals surface area contributed by atoms with Crippen molar-refractivity contribution in [1.29, 1.82) is 0 Å². The molecule has 0 aliphatic heterocycles. The first-order valence-corrected chi connectivity index (χ1v) is 6.81. The van der Waals surface area contributed by atoms with Crippen LogP contribution < -0.4 is 11.3 Å². The SMILES string of the molecule is CN(CC1CC1)C(=O)c1cc(NN)c2ccccc2n1. The lowest BCUT2D eigenvalue weighted by Gasteiger charge is -2.17. The van der Waals surface area contributed by atoms with Crippen LogP contribution >= 0.6 is 0 Å². The lowest BCUT2D eigenvalue weighted by atomic mass is 10.1. The van der Waals surface area contributed by atoms with Gasteiger partial charge in [0.05, 0.1) is 11.2 Å². The molecule has 1 aromatic carbocycles. The fraction of sp³-hybridized carbons (Fsp3) is 0.333. The van der Waals surface area contributed by atoms with Gasteiger partial charge in [-0.25, -0.2) is 4.98 Å². The number of benzene rings is 1. The molecule has 1 saturated carbocycles. The van der Waals surface area contributed by atoms with Crippen LogP contribution in [0.25, 0.3) is 10.9 Å². The Labute approximate surface area is 117 Å². The maximum absolute atomic E-state index is 12.4. The number of hydrazine groups is 1. The molecule has 104 valence electrons. The van der Waals surface area contributed by atoms with Gasteiger partial charge in [0.25, 0.3) is 5.91 Å². The molecular formula is C15H18N4O. The van der Waals surface area contributed by atoms with Crippen molar-refractivity contribution in [2.45, 2.75) is 12.8 Å². The normalized spacial score (nSPS) is 14.3. The molecule has 0 radical (unpaired) electrons. The highest BCUT2D eigenvalue weighted by atomic mass is 16.2. The van der Waals surface area contributed by atoms with Gasteiger partial charge in [0.1, 0.15) is 5.69 Å². The molecule has 1 aromatic heterocycles. The number of para-hydroxylation sites is 1. The van der Waals surface area contributed by atoms with E-state index in [9.17, 15) is 4.79 Å². The van der Waals surface area contributed by atoms with E-state index in [1.807, 2.05) is 31.3 Å². The van der Waals surface area contributed by atoms with E-state index in [-0.39, 0.29) is 5.91 Å². The number of amides is 1. The summed E-state index contributed by atoms with van der Waals surface area (Å²) < 4.78 is 0. The van der Waals surface area contributed by atoms with Gasteiger partial charge >= 0.3 is 0 Å². The van der Waals surface area contributed by atoms with Crippen molar-refractivity contribution in [2.24, 2.45) is 11.8 Å². The number of carbonyl (C=O) groups is 1. The zero-order valence-corrected chi connectivity index (χ0v) is 11.5. The van der Waals surface area contributed by atoms with Crippen molar-refractivity contribution in [1.82, 2.24) is 9.88 Å². The second-order valence-electron chi connectivity index (χ2n) is 5.35. The summed E-state index contributed by atoms with van der Waals surface area (Å²) >= 11 is 0. The Morgan fingerprint density at radius 3 is 2.90 bits per heavy atom. The molecule has 2 aromatic rings. The molecule has 1 amide bonds. The Kier molecular flexibility index (Phi) is 3.28. The number of nitrogen functional groups attached to an aromatic ring is 1. The second kappa shape index (κ2) is 5.09. The number of fused-ring (bicyclic) bond motifs is 1. The summed E-state index contributed by atoms with van der Waals surface area (Å²) in [6, 6.07) is 9.35. The second-order valence-corrected chi connectivity index (χ2v) is 5.35. The molecule has 3 rings (SSSR count). The maximum atomic E-state index is 12.4. The molecule has 0 atom stereocenters. The maximum Gasteiger partial charge on any atom is 0.272 e. The van der Waals surface area contributed by atoms with Crippen molar-refractivity contribution in [3.63, 3.8) is 0 Å². The van der Waals surface area contributed by atoms with E-state index in [2.05, 4.69) is 10.4 Å². The molecular weight excluding hydrogens is 252 g/mol. The lowest BCUT2D eigenvalue weighted by molar-refractivity contribution is 0.0783. The van der Waals surface area contributed by atoms with Crippen molar-refractivity contribution >= 4 is 22.5 Å². The van der Waals surface area contributed by atoms with E-state index >= 15 is 0 Å². The molecule has 0 bridgehead atoms. The number of aromatic nitrogens is 1. The van der Waals surface area contributed by atoms with Gasteiger partial charge in [-0.3, -0.25) is 10.6 Å². The van der Waals surface area contributed by atoms with Crippen molar-refractivity contribution in [3.8, 4) is 0 Å². The Morgan fingerprint density at radius 1 is 1.45 bits per heavy atom. The van der Waals surface area contributed by atoms with Gasteiger partial charge in [0, 0.05) is 19.0 Å². The third-order valence-electron chi connectivity index (χ3n) is 3.67. The summed E-state index contributed by atoms with van der Waals surface area (Å²) in [6.45, 7) is 0.804. The number of nitrogens with two attached hydrogens (primary N) is 1. The highest BCUT2D eigenvalue weighted by molar-refractivity contribution is 5.99. The predicted octanol–water partition coefficient (Wildman–Crippen LogP) is 2.00. The van der Waals surface area contributed by atoms with E-state index in [0.717, 1.165) is 23.1 Å². The number of hydrogen-bond donors (Lipinski definition) is 2. The lowest BCUT2D eigenvalue weighted by Crippen LogP contribution is -2.29. The fourth-order valence-corrected chi connectivity index (χ4v) is 2.37. The van der Waals surface area contributed by atoms with Gasteiger partial charge in [-0.2, -0.15) is 0 Å². The number of rotatable bonds is 4. The van der Waals surface area contributed by atoms with Crippen LogP contribution in [0.4, 0.5) is 5.69 Å². The van der Waals surface area contributed by atoms with E-state index in [4.69, 9.17) is 5.84 Å². The van der Waals surface area contributed by atoms with Crippen LogP contribution in [0.5, 0.6) is 0 Å². The highest BCUT2D eigenvalue weighted by Gasteiger charge is 2.26. The van der Waals surface area contributed by atoms with E-state index in [0.29, 0.717) is 11.6 Å². The molecule has 1 aliphatic carbocycles. The number of hydrogen-bond acceptors (Lipinski definition) is 4. The van der Waals surface area contributed by atoms with Gasteiger partial charge < -0.3 is 10.3 Å². The van der Waals surface area contributed by atoms with Gasteiger partial charge in [-0.15, -0.1) is 0 Å². The summed E-state index contributed by atoms with van der Waals surface area (Å²) in [4.78, 5) is 18.6. The van der Waals surface area contributed by atoms with Gasteiger partial charge in [0.15, 0.2) is 0 Å². The van der Waals surface area contributed by atoms with Crippen LogP contribution in [0.1, 0.15) is 23.3 Å². The monoisotopic (exact) mass is 270 g/mol. The number of nitrogens with zero attached hydrogens (tertiary/aromatic N) is 2. The largest absolute Gasteiger partial charge is 0.340 e. The van der Waals surface area contributed by atoms with Crippen LogP contribution in [0.3, 0.4) is 0 Å². The molecule has 1 heterocycles. The average molecular weight is 270 g/mol. The molecule has 5 heteroatoms. The zero-order valence-electron chi connectivity index (χ0n) is 11.5. The van der Waals surface area contributed by atoms with Gasteiger partial charge in [-0.05, 0) is 30.9 Å². The number of nitrogens with one attached hydrogen (secondary N) is 1. The Hall–Kier alpha value is -2.14. The molecule has 20 heavy (non-hydrogen) atoms. The van der Waals surface area contributed by atoms with Crippen LogP contribution in [-0.4, -0.2) is 29.4 Å². The van der Waals surface area contributed by atoms with Gasteiger partial charge in [0.2, 0.25) is 0 Å². The first-order valence-electron chi connectivity index (χ1n) is 6.81. The third kappa shape index (κ3) is 2.44. The summed E-state index contributed by atoms with van der Waals surface area (Å²) in [5.41, 5.74) is 4.57. The molecule has 0 unspecified atom stereocenters. The van der Waals surface area contributed by atoms with E-state index in [1.54, 1.807) is 11.0 Å². The first kappa shape index (κ1) is 12.9. The quantitative estimate of drug-likeness (QED) is 0.658. The molecule has 1 aliphatic rings. The minimum Gasteiger partial charge on any atom is -0.340 e. The van der Waals surface area contributed by atoms with Crippen molar-refractivity contribution < 1.29 is 4.79 Å². The van der Waals surface area contributed by atoms with Crippen LogP contribution in [-0.2, 0) is 0 Å². The average Bonchev–Trinajstić information content (AvgIpc) is 3.29. The number of carbonyl (C=O) groups excluding carboxylic acids is 1. The molecule has 1 fully saturated rings. The summed E-state index contributed by atoms with van der Waals surface area (Å²) in [7, 11) is 1.83. The van der Waals surface area contributed by atoms with Crippen molar-refractivity contribution in [2.75, 3.05) is 19.0 Å². The molecule has 5 nitrogen and oxygen atoms in total. The summed E-state index contributed by atoms with van der Waals surface area (Å²) in [5.74, 6) is 6.16. The van der Waals surface area contributed by atoms with E-state index in [1.165, 1.54) is 12.8 Å². The number of anilines is 1. The Morgan fingerprint density at radius 2 is 2.20 bits per heavy atom. The van der Waals surface area contributed by atoms with Crippen LogP contribution in [0, 0.1) is 5.92 Å². The minimum atomic E-state index is -0.0563. The topological polar surface area (TPSA) is 71.2 Å². The highest BCUT2D eigenvalue weighted by Crippen LogP contribution is 2.30. The fourth-order valence-electron chi connectivity index (χ4n) is 2.37. The van der Waals surface area contributed by atoms with Gasteiger partial charge in [-0.1, -0.05) is 18.2 Å². The molecule has 0 saturated heterocycles. The summed E-state index contributed by atoms with van der Waals surface area (Å²) in [6.07, 6.45) is 2.44.